The number of unbranched alkanes of at least 4 members (excludes halogenated alkanes) is 1. The van der Waals surface area contributed by atoms with Crippen molar-refractivity contribution in [1.29, 1.82) is 0 Å². The topological polar surface area (TPSA) is 25.4 Å². The van der Waals surface area contributed by atoms with Crippen molar-refractivity contribution in [3.8, 4) is 11.3 Å². The minimum atomic E-state index is 0.0613. The first-order valence-electron chi connectivity index (χ1n) is 11.6. The van der Waals surface area contributed by atoms with Gasteiger partial charge in [0.1, 0.15) is 6.23 Å². The SMILES string of the molecule is CCCCN1CC(c2cc(-c3ccc(Cl)cc3)nc3c(C)cc(C)cc23)OC1CCC. The summed E-state index contributed by atoms with van der Waals surface area (Å²) in [6.45, 7) is 10.8. The number of nitrogens with zero attached hydrogens (tertiary/aromatic N) is 2. The molecule has 3 nitrogen and oxygen atoms in total. The van der Waals surface area contributed by atoms with Crippen LogP contribution in [-0.2, 0) is 4.74 Å². The second kappa shape index (κ2) is 9.68. The summed E-state index contributed by atoms with van der Waals surface area (Å²) in [7, 11) is 0. The molecule has 2 atom stereocenters. The van der Waals surface area contributed by atoms with Gasteiger partial charge in [0.25, 0.3) is 0 Å². The van der Waals surface area contributed by atoms with E-state index in [2.05, 4.69) is 50.8 Å². The molecule has 4 rings (SSSR count). The molecule has 2 heterocycles. The highest BCUT2D eigenvalue weighted by Gasteiger charge is 2.34. The summed E-state index contributed by atoms with van der Waals surface area (Å²) < 4.78 is 6.67. The lowest BCUT2D eigenvalue weighted by molar-refractivity contribution is -0.00616. The molecule has 0 aliphatic carbocycles. The van der Waals surface area contributed by atoms with Crippen LogP contribution in [-0.4, -0.2) is 29.2 Å². The van der Waals surface area contributed by atoms with Crippen LogP contribution in [0.25, 0.3) is 22.2 Å². The fourth-order valence-electron chi connectivity index (χ4n) is 4.66. The van der Waals surface area contributed by atoms with E-state index in [9.17, 15) is 0 Å². The third kappa shape index (κ3) is 4.79. The molecule has 164 valence electrons. The van der Waals surface area contributed by atoms with E-state index in [1.54, 1.807) is 0 Å². The Hall–Kier alpha value is -1.94. The van der Waals surface area contributed by atoms with Gasteiger partial charge in [0.2, 0.25) is 0 Å². The zero-order valence-corrected chi connectivity index (χ0v) is 19.9. The molecule has 0 amide bonds. The first-order chi connectivity index (χ1) is 15.0. The Labute approximate surface area is 191 Å². The molecule has 0 saturated carbocycles. The first-order valence-corrected chi connectivity index (χ1v) is 11.9. The highest BCUT2D eigenvalue weighted by Crippen LogP contribution is 2.37. The van der Waals surface area contributed by atoms with Crippen LogP contribution >= 0.6 is 11.6 Å². The van der Waals surface area contributed by atoms with E-state index in [-0.39, 0.29) is 12.3 Å². The van der Waals surface area contributed by atoms with Gasteiger partial charge in [-0.05, 0) is 62.1 Å². The number of pyridine rings is 1. The summed E-state index contributed by atoms with van der Waals surface area (Å²) in [4.78, 5) is 7.60. The van der Waals surface area contributed by atoms with Gasteiger partial charge in [0, 0.05) is 29.1 Å². The van der Waals surface area contributed by atoms with Gasteiger partial charge >= 0.3 is 0 Å². The van der Waals surface area contributed by atoms with E-state index >= 15 is 0 Å². The van der Waals surface area contributed by atoms with Crippen LogP contribution in [0.2, 0.25) is 5.02 Å². The molecule has 2 aromatic carbocycles. The average molecular weight is 437 g/mol. The fourth-order valence-corrected chi connectivity index (χ4v) is 4.78. The van der Waals surface area contributed by atoms with Gasteiger partial charge in [-0.1, -0.05) is 62.1 Å². The lowest BCUT2D eigenvalue weighted by atomic mass is 9.97. The van der Waals surface area contributed by atoms with Crippen LogP contribution in [0.1, 0.15) is 62.3 Å². The van der Waals surface area contributed by atoms with Gasteiger partial charge in [-0.3, -0.25) is 4.90 Å². The second-order valence-electron chi connectivity index (χ2n) is 8.80. The maximum atomic E-state index is 6.67. The highest BCUT2D eigenvalue weighted by atomic mass is 35.5. The highest BCUT2D eigenvalue weighted by molar-refractivity contribution is 6.30. The van der Waals surface area contributed by atoms with E-state index in [0.29, 0.717) is 0 Å². The molecular weight excluding hydrogens is 404 g/mol. The summed E-state index contributed by atoms with van der Waals surface area (Å²) in [5.41, 5.74) is 6.85. The predicted octanol–water partition coefficient (Wildman–Crippen LogP) is 7.47. The maximum absolute atomic E-state index is 6.67. The Morgan fingerprint density at radius 3 is 2.55 bits per heavy atom. The predicted molar refractivity (Wildman–Crippen MR) is 131 cm³/mol. The Morgan fingerprint density at radius 2 is 1.84 bits per heavy atom. The molecule has 0 bridgehead atoms. The van der Waals surface area contributed by atoms with Crippen molar-refractivity contribution in [3.63, 3.8) is 0 Å². The van der Waals surface area contributed by atoms with Gasteiger partial charge in [-0.2, -0.15) is 0 Å². The minimum Gasteiger partial charge on any atom is -0.354 e. The lowest BCUT2D eigenvalue weighted by Crippen LogP contribution is -2.30. The molecule has 0 N–H and O–H groups in total. The van der Waals surface area contributed by atoms with E-state index in [0.717, 1.165) is 47.7 Å². The number of aromatic nitrogens is 1. The minimum absolute atomic E-state index is 0.0613. The van der Waals surface area contributed by atoms with Crippen LogP contribution in [0.5, 0.6) is 0 Å². The molecule has 3 aromatic rings. The summed E-state index contributed by atoms with van der Waals surface area (Å²) in [5.74, 6) is 0. The van der Waals surface area contributed by atoms with E-state index in [4.69, 9.17) is 21.3 Å². The smallest absolute Gasteiger partial charge is 0.111 e. The molecule has 2 unspecified atom stereocenters. The Kier molecular flexibility index (Phi) is 6.95. The van der Waals surface area contributed by atoms with Gasteiger partial charge in [0.05, 0.1) is 17.3 Å². The van der Waals surface area contributed by atoms with Crippen LogP contribution in [0.4, 0.5) is 0 Å². The van der Waals surface area contributed by atoms with Gasteiger partial charge < -0.3 is 4.74 Å². The van der Waals surface area contributed by atoms with Crippen molar-refractivity contribution in [2.75, 3.05) is 13.1 Å². The molecule has 1 saturated heterocycles. The van der Waals surface area contributed by atoms with Crippen LogP contribution < -0.4 is 0 Å². The molecule has 31 heavy (non-hydrogen) atoms. The maximum Gasteiger partial charge on any atom is 0.111 e. The molecule has 0 radical (unpaired) electrons. The van der Waals surface area contributed by atoms with E-state index in [1.807, 2.05) is 24.3 Å². The molecule has 1 aromatic heterocycles. The summed E-state index contributed by atoms with van der Waals surface area (Å²) >= 11 is 6.13. The second-order valence-corrected chi connectivity index (χ2v) is 9.23. The number of aryl methyl sites for hydroxylation is 2. The molecule has 1 fully saturated rings. The van der Waals surface area contributed by atoms with Crippen molar-refractivity contribution >= 4 is 22.5 Å². The monoisotopic (exact) mass is 436 g/mol. The third-order valence-corrected chi connectivity index (χ3v) is 6.48. The lowest BCUT2D eigenvalue weighted by Gasteiger charge is -2.21. The average Bonchev–Trinajstić information content (AvgIpc) is 3.15. The molecule has 1 aliphatic heterocycles. The third-order valence-electron chi connectivity index (χ3n) is 6.23. The number of benzene rings is 2. The quantitative estimate of drug-likeness (QED) is 0.384. The van der Waals surface area contributed by atoms with Gasteiger partial charge in [-0.15, -0.1) is 0 Å². The normalized spacial score (nSPS) is 19.4. The van der Waals surface area contributed by atoms with Crippen molar-refractivity contribution < 1.29 is 4.74 Å². The number of ether oxygens (including phenoxy) is 1. The van der Waals surface area contributed by atoms with E-state index in [1.165, 1.54) is 34.9 Å². The van der Waals surface area contributed by atoms with Crippen LogP contribution in [0, 0.1) is 13.8 Å². The first kappa shape index (κ1) is 22.3. The zero-order valence-electron chi connectivity index (χ0n) is 19.1. The van der Waals surface area contributed by atoms with Crippen molar-refractivity contribution in [3.05, 3.63) is 64.2 Å². The zero-order chi connectivity index (χ0) is 22.0. The standard InChI is InChI=1S/C27H33ClN2O/c1-5-7-13-30-17-25(31-26(30)8-6-2)22-16-24(20-9-11-21(28)12-10-20)29-27-19(4)14-18(3)15-23(22)27/h9-12,14-16,25-26H,5-8,13,17H2,1-4H3. The number of rotatable bonds is 7. The van der Waals surface area contributed by atoms with Crippen LogP contribution in [0.15, 0.2) is 42.5 Å². The summed E-state index contributed by atoms with van der Waals surface area (Å²) in [5, 5.41) is 1.96. The largest absolute Gasteiger partial charge is 0.354 e. The van der Waals surface area contributed by atoms with Gasteiger partial charge in [-0.25, -0.2) is 4.98 Å². The molecular formula is C27H33ClN2O. The number of fused-ring (bicyclic) bond motifs is 1. The van der Waals surface area contributed by atoms with E-state index < -0.39 is 0 Å². The van der Waals surface area contributed by atoms with Gasteiger partial charge in [0.15, 0.2) is 0 Å². The molecule has 4 heteroatoms. The molecule has 0 spiro atoms. The Bertz CT molecular complexity index is 1050. The van der Waals surface area contributed by atoms with Crippen LogP contribution in [0.3, 0.4) is 0 Å². The number of hydrogen-bond acceptors (Lipinski definition) is 3. The summed E-state index contributed by atoms with van der Waals surface area (Å²) in [6.07, 6.45) is 4.89. The van der Waals surface area contributed by atoms with Crippen molar-refractivity contribution in [2.45, 2.75) is 65.7 Å². The molecule has 1 aliphatic rings. The number of halogens is 1. The fraction of sp³-hybridized carbons (Fsp3) is 0.444. The van der Waals surface area contributed by atoms with Crippen molar-refractivity contribution in [2.24, 2.45) is 0 Å². The summed E-state index contributed by atoms with van der Waals surface area (Å²) in [6, 6.07) is 14.7. The Morgan fingerprint density at radius 1 is 1.06 bits per heavy atom. The van der Waals surface area contributed by atoms with Crippen molar-refractivity contribution in [1.82, 2.24) is 9.88 Å². The number of hydrogen-bond donors (Lipinski definition) is 0. The Balaban J connectivity index is 1.81.